The number of hydrogen-bond donors (Lipinski definition) is 1. The molecule has 130 valence electrons. The number of sulfonamides is 1. The first-order chi connectivity index (χ1) is 10.4. The van der Waals surface area contributed by atoms with Crippen molar-refractivity contribution in [2.24, 2.45) is 5.92 Å². The van der Waals surface area contributed by atoms with E-state index in [0.717, 1.165) is 13.0 Å². The minimum absolute atomic E-state index is 0. The third kappa shape index (κ3) is 4.23. The fourth-order valence-electron chi connectivity index (χ4n) is 2.71. The molecule has 1 N–H and O–H groups in total. The van der Waals surface area contributed by atoms with Crippen LogP contribution in [0.25, 0.3) is 0 Å². The van der Waals surface area contributed by atoms with Gasteiger partial charge in [0.15, 0.2) is 0 Å². The average molecular weight is 363 g/mol. The lowest BCUT2D eigenvalue weighted by atomic mass is 10.1. The molecule has 0 aromatic heterocycles. The standard InChI is InChI=1S/C15H22N2O4S.ClH/c1-11-4-5-13(8-14(11)15(18)21-3)22(19,20)17-7-6-12(10-17)9-16-2;/h4-5,8,12,16H,6-7,9-10H2,1-3H3;1H. The van der Waals surface area contributed by atoms with Gasteiger partial charge >= 0.3 is 5.97 Å². The van der Waals surface area contributed by atoms with E-state index < -0.39 is 16.0 Å². The predicted octanol–water partition coefficient (Wildman–Crippen LogP) is 1.43. The van der Waals surface area contributed by atoms with Crippen molar-refractivity contribution >= 4 is 28.4 Å². The van der Waals surface area contributed by atoms with Crippen molar-refractivity contribution < 1.29 is 17.9 Å². The molecule has 0 bridgehead atoms. The molecule has 1 aromatic rings. The van der Waals surface area contributed by atoms with E-state index in [-0.39, 0.29) is 22.9 Å². The second kappa shape index (κ2) is 8.10. The number of nitrogens with one attached hydrogen (secondary N) is 1. The first kappa shape index (κ1) is 19.9. The Morgan fingerprint density at radius 2 is 2.13 bits per heavy atom. The van der Waals surface area contributed by atoms with Crippen molar-refractivity contribution in [3.05, 3.63) is 29.3 Å². The second-order valence-corrected chi connectivity index (χ2v) is 7.48. The number of carbonyl (C=O) groups excluding carboxylic acids is 1. The molecule has 23 heavy (non-hydrogen) atoms. The highest BCUT2D eigenvalue weighted by atomic mass is 35.5. The van der Waals surface area contributed by atoms with E-state index in [9.17, 15) is 13.2 Å². The molecule has 1 heterocycles. The monoisotopic (exact) mass is 362 g/mol. The van der Waals surface area contributed by atoms with Gasteiger partial charge in [0.25, 0.3) is 0 Å². The summed E-state index contributed by atoms with van der Waals surface area (Å²) in [5, 5.41) is 3.08. The van der Waals surface area contributed by atoms with Gasteiger partial charge in [-0.05, 0) is 50.6 Å². The number of benzene rings is 1. The maximum atomic E-state index is 12.7. The van der Waals surface area contributed by atoms with E-state index in [4.69, 9.17) is 4.74 Å². The smallest absolute Gasteiger partial charge is 0.338 e. The normalized spacial score (nSPS) is 18.5. The zero-order valence-corrected chi connectivity index (χ0v) is 15.2. The molecule has 0 amide bonds. The molecule has 1 unspecified atom stereocenters. The van der Waals surface area contributed by atoms with Gasteiger partial charge in [-0.1, -0.05) is 6.07 Å². The Morgan fingerprint density at radius 1 is 1.43 bits per heavy atom. The number of esters is 1. The van der Waals surface area contributed by atoms with Crippen LogP contribution in [0.2, 0.25) is 0 Å². The van der Waals surface area contributed by atoms with E-state index in [1.165, 1.54) is 17.5 Å². The molecule has 0 radical (unpaired) electrons. The maximum absolute atomic E-state index is 12.7. The topological polar surface area (TPSA) is 75.7 Å². The van der Waals surface area contributed by atoms with Crippen LogP contribution in [0.3, 0.4) is 0 Å². The Bertz CT molecular complexity index is 663. The summed E-state index contributed by atoms with van der Waals surface area (Å²) < 4.78 is 31.6. The number of hydrogen-bond acceptors (Lipinski definition) is 5. The summed E-state index contributed by atoms with van der Waals surface area (Å²) in [6.07, 6.45) is 0.843. The number of methoxy groups -OCH3 is 1. The maximum Gasteiger partial charge on any atom is 0.338 e. The van der Waals surface area contributed by atoms with Gasteiger partial charge in [0.05, 0.1) is 17.6 Å². The van der Waals surface area contributed by atoms with E-state index in [1.807, 2.05) is 7.05 Å². The third-order valence-electron chi connectivity index (χ3n) is 3.99. The highest BCUT2D eigenvalue weighted by molar-refractivity contribution is 7.89. The van der Waals surface area contributed by atoms with E-state index in [2.05, 4.69) is 5.32 Å². The molecule has 1 aliphatic heterocycles. The van der Waals surface area contributed by atoms with Gasteiger partial charge in [-0.2, -0.15) is 4.31 Å². The highest BCUT2D eigenvalue weighted by Gasteiger charge is 2.32. The largest absolute Gasteiger partial charge is 0.465 e. The molecular weight excluding hydrogens is 340 g/mol. The SMILES string of the molecule is CNCC1CCN(S(=O)(=O)c2ccc(C)c(C(=O)OC)c2)C1.Cl. The molecule has 1 saturated heterocycles. The minimum Gasteiger partial charge on any atom is -0.465 e. The molecule has 0 aliphatic carbocycles. The Kier molecular flexibility index (Phi) is 7.01. The summed E-state index contributed by atoms with van der Waals surface area (Å²) in [4.78, 5) is 11.9. The van der Waals surface area contributed by atoms with Crippen molar-refractivity contribution in [2.75, 3.05) is 33.8 Å². The summed E-state index contributed by atoms with van der Waals surface area (Å²) in [6.45, 7) is 3.56. The fraction of sp³-hybridized carbons (Fsp3) is 0.533. The lowest BCUT2D eigenvalue weighted by molar-refractivity contribution is 0.0599. The fourth-order valence-corrected chi connectivity index (χ4v) is 4.27. The van der Waals surface area contributed by atoms with Crippen molar-refractivity contribution in [3.8, 4) is 0 Å². The van der Waals surface area contributed by atoms with E-state index >= 15 is 0 Å². The number of halogens is 1. The molecule has 0 spiro atoms. The van der Waals surface area contributed by atoms with Gasteiger partial charge in [-0.15, -0.1) is 12.4 Å². The van der Waals surface area contributed by atoms with Gasteiger partial charge in [0.1, 0.15) is 0 Å². The van der Waals surface area contributed by atoms with Gasteiger partial charge in [0.2, 0.25) is 10.0 Å². The Morgan fingerprint density at radius 3 is 2.74 bits per heavy atom. The molecule has 0 saturated carbocycles. The Hall–Kier alpha value is -1.15. The number of nitrogens with zero attached hydrogens (tertiary/aromatic N) is 1. The first-order valence-electron chi connectivity index (χ1n) is 7.24. The molecule has 8 heteroatoms. The lowest BCUT2D eigenvalue weighted by Crippen LogP contribution is -2.30. The summed E-state index contributed by atoms with van der Waals surface area (Å²) >= 11 is 0. The predicted molar refractivity (Wildman–Crippen MR) is 90.6 cm³/mol. The summed E-state index contributed by atoms with van der Waals surface area (Å²) in [5.74, 6) is -0.200. The molecule has 1 fully saturated rings. The zero-order chi connectivity index (χ0) is 16.3. The number of rotatable bonds is 5. The van der Waals surface area contributed by atoms with Gasteiger partial charge in [-0.3, -0.25) is 0 Å². The van der Waals surface area contributed by atoms with Crippen LogP contribution < -0.4 is 5.32 Å². The summed E-state index contributed by atoms with van der Waals surface area (Å²) in [6, 6.07) is 4.59. The molecular formula is C15H23ClN2O4S. The van der Waals surface area contributed by atoms with Gasteiger partial charge in [-0.25, -0.2) is 13.2 Å². The van der Waals surface area contributed by atoms with Gasteiger partial charge < -0.3 is 10.1 Å². The van der Waals surface area contributed by atoms with E-state index in [1.54, 1.807) is 19.1 Å². The Labute approximate surface area is 143 Å². The van der Waals surface area contributed by atoms with E-state index in [0.29, 0.717) is 24.6 Å². The second-order valence-electron chi connectivity index (χ2n) is 5.54. The van der Waals surface area contributed by atoms with Crippen LogP contribution in [0.5, 0.6) is 0 Å². The Balaban J connectivity index is 0.00000264. The van der Waals surface area contributed by atoms with Crippen LogP contribution in [0.4, 0.5) is 0 Å². The highest BCUT2D eigenvalue weighted by Crippen LogP contribution is 2.25. The minimum atomic E-state index is -3.57. The number of ether oxygens (including phenoxy) is 1. The average Bonchev–Trinajstić information content (AvgIpc) is 2.96. The molecule has 1 aromatic carbocycles. The summed E-state index contributed by atoms with van der Waals surface area (Å²) in [7, 11) is -0.429. The molecule has 6 nitrogen and oxygen atoms in total. The van der Waals surface area contributed by atoms with Crippen molar-refractivity contribution in [3.63, 3.8) is 0 Å². The quantitative estimate of drug-likeness (QED) is 0.802. The molecule has 1 aliphatic rings. The van der Waals surface area contributed by atoms with Crippen molar-refractivity contribution in [1.29, 1.82) is 0 Å². The first-order valence-corrected chi connectivity index (χ1v) is 8.68. The summed E-state index contributed by atoms with van der Waals surface area (Å²) in [5.41, 5.74) is 0.981. The van der Waals surface area contributed by atoms with Crippen LogP contribution in [-0.2, 0) is 14.8 Å². The third-order valence-corrected chi connectivity index (χ3v) is 5.85. The van der Waals surface area contributed by atoms with Gasteiger partial charge in [0, 0.05) is 13.1 Å². The van der Waals surface area contributed by atoms with Crippen LogP contribution in [0.1, 0.15) is 22.3 Å². The van der Waals surface area contributed by atoms with Crippen LogP contribution >= 0.6 is 12.4 Å². The van der Waals surface area contributed by atoms with Crippen molar-refractivity contribution in [1.82, 2.24) is 9.62 Å². The number of carbonyl (C=O) groups is 1. The number of aryl methyl sites for hydroxylation is 1. The molecule has 2 rings (SSSR count). The van der Waals surface area contributed by atoms with Crippen LogP contribution in [0, 0.1) is 12.8 Å². The molecule has 1 atom stereocenters. The van der Waals surface area contributed by atoms with Crippen LogP contribution in [0.15, 0.2) is 23.1 Å². The zero-order valence-electron chi connectivity index (χ0n) is 13.5. The van der Waals surface area contributed by atoms with Crippen LogP contribution in [-0.4, -0.2) is 52.5 Å². The van der Waals surface area contributed by atoms with Crippen molar-refractivity contribution in [2.45, 2.75) is 18.2 Å². The lowest BCUT2D eigenvalue weighted by Gasteiger charge is -2.17.